The van der Waals surface area contributed by atoms with Crippen LogP contribution in [-0.2, 0) is 11.2 Å². The maximum atomic E-state index is 14.0. The third-order valence-electron chi connectivity index (χ3n) is 4.47. The lowest BCUT2D eigenvalue weighted by Gasteiger charge is -2.08. The van der Waals surface area contributed by atoms with Crippen LogP contribution in [0.1, 0.15) is 21.6 Å². The van der Waals surface area contributed by atoms with E-state index < -0.39 is 11.6 Å². The summed E-state index contributed by atoms with van der Waals surface area (Å²) >= 11 is 3.32. The first-order valence-electron chi connectivity index (χ1n) is 8.53. The zero-order valence-corrected chi connectivity index (χ0v) is 16.6. The number of hydrogen-bond acceptors (Lipinski definition) is 4. The first-order chi connectivity index (χ1) is 13.3. The highest BCUT2D eigenvalue weighted by Gasteiger charge is 2.23. The molecule has 146 valence electrons. The summed E-state index contributed by atoms with van der Waals surface area (Å²) in [5, 5.41) is 21.6. The highest BCUT2D eigenvalue weighted by atomic mass is 79.9. The lowest BCUT2D eigenvalue weighted by Crippen LogP contribution is -2.28. The number of nitrogens with zero attached hydrogens (tertiary/aromatic N) is 1. The maximum absolute atomic E-state index is 14.0. The minimum absolute atomic E-state index is 0.0754. The van der Waals surface area contributed by atoms with Gasteiger partial charge in [-0.2, -0.15) is 0 Å². The Morgan fingerprint density at radius 3 is 2.54 bits per heavy atom. The summed E-state index contributed by atoms with van der Waals surface area (Å²) in [7, 11) is 0. The average Bonchev–Trinajstić information content (AvgIpc) is 2.91. The fraction of sp³-hybridized carbons (Fsp3) is 0.200. The molecule has 0 saturated heterocycles. The fourth-order valence-corrected chi connectivity index (χ4v) is 3.38. The predicted molar refractivity (Wildman–Crippen MR) is 106 cm³/mol. The van der Waals surface area contributed by atoms with E-state index in [1.807, 2.05) is 0 Å². The number of aliphatic hydroxyl groups excluding tert-OH is 1. The second-order valence-electron chi connectivity index (χ2n) is 6.28. The molecule has 0 saturated carbocycles. The Kier molecular flexibility index (Phi) is 5.81. The average molecular weight is 449 g/mol. The van der Waals surface area contributed by atoms with Gasteiger partial charge in [-0.1, -0.05) is 15.9 Å². The molecule has 0 aliphatic carbocycles. The molecular formula is C20H18BrFN2O4. The molecule has 6 nitrogen and oxygen atoms in total. The Morgan fingerprint density at radius 2 is 1.89 bits per heavy atom. The van der Waals surface area contributed by atoms with Gasteiger partial charge in [0, 0.05) is 33.7 Å². The largest absolute Gasteiger partial charge is 0.505 e. The zero-order chi connectivity index (χ0) is 20.4. The fourth-order valence-electron chi connectivity index (χ4n) is 3.11. The number of aromatic nitrogens is 1. The number of nitrogens with one attached hydrogen (secondary N) is 1. The van der Waals surface area contributed by atoms with Crippen molar-refractivity contribution in [3.05, 3.63) is 63.5 Å². The zero-order valence-electron chi connectivity index (χ0n) is 15.0. The Bertz CT molecular complexity index is 1060. The Labute approximate surface area is 168 Å². The number of phenols is 1. The van der Waals surface area contributed by atoms with Crippen molar-refractivity contribution in [1.82, 2.24) is 9.88 Å². The first kappa shape index (κ1) is 20.0. The molecule has 3 aromatic rings. The molecule has 2 aromatic carbocycles. The van der Waals surface area contributed by atoms with Crippen LogP contribution in [0.4, 0.5) is 4.39 Å². The summed E-state index contributed by atoms with van der Waals surface area (Å²) in [5.41, 5.74) is 1.65. The van der Waals surface area contributed by atoms with Gasteiger partial charge in [0.2, 0.25) is 5.91 Å². The van der Waals surface area contributed by atoms with Crippen molar-refractivity contribution in [2.45, 2.75) is 13.3 Å². The number of amides is 1. The van der Waals surface area contributed by atoms with E-state index in [0.29, 0.717) is 22.2 Å². The highest BCUT2D eigenvalue weighted by molar-refractivity contribution is 9.10. The first-order valence-corrected chi connectivity index (χ1v) is 9.33. The third-order valence-corrected chi connectivity index (χ3v) is 5.00. The molecular weight excluding hydrogens is 431 g/mol. The second kappa shape index (κ2) is 8.12. The molecule has 0 aliphatic heterocycles. The van der Waals surface area contributed by atoms with Crippen molar-refractivity contribution in [3.63, 3.8) is 0 Å². The molecule has 8 heteroatoms. The van der Waals surface area contributed by atoms with E-state index in [1.165, 1.54) is 10.6 Å². The van der Waals surface area contributed by atoms with Crippen LogP contribution in [0.5, 0.6) is 5.75 Å². The number of carbonyl (C=O) groups excluding carboxylic acids is 2. The number of benzene rings is 2. The van der Waals surface area contributed by atoms with Crippen LogP contribution in [0, 0.1) is 12.7 Å². The molecule has 0 spiro atoms. The summed E-state index contributed by atoms with van der Waals surface area (Å²) in [6.07, 6.45) is -0.0754. The molecule has 1 aromatic heterocycles. The maximum Gasteiger partial charge on any atom is 0.262 e. The van der Waals surface area contributed by atoms with E-state index in [2.05, 4.69) is 21.2 Å². The van der Waals surface area contributed by atoms with Crippen molar-refractivity contribution < 1.29 is 24.2 Å². The van der Waals surface area contributed by atoms with E-state index in [4.69, 9.17) is 5.11 Å². The van der Waals surface area contributed by atoms with Gasteiger partial charge in [0.05, 0.1) is 18.5 Å². The summed E-state index contributed by atoms with van der Waals surface area (Å²) < 4.78 is 16.2. The minimum atomic E-state index is -0.855. The second-order valence-corrected chi connectivity index (χ2v) is 7.20. The van der Waals surface area contributed by atoms with Crippen molar-refractivity contribution in [3.8, 4) is 5.75 Å². The number of rotatable bonds is 5. The number of halogens is 2. The Morgan fingerprint density at radius 1 is 1.21 bits per heavy atom. The third kappa shape index (κ3) is 3.79. The lowest BCUT2D eigenvalue weighted by atomic mass is 10.1. The van der Waals surface area contributed by atoms with Crippen LogP contribution in [0.3, 0.4) is 0 Å². The number of hydrogen-bond donors (Lipinski definition) is 3. The molecule has 3 rings (SSSR count). The molecule has 0 atom stereocenters. The summed E-state index contributed by atoms with van der Waals surface area (Å²) in [4.78, 5) is 25.2. The predicted octanol–water partition coefficient (Wildman–Crippen LogP) is 2.90. The number of carbonyl (C=O) groups is 2. The van der Waals surface area contributed by atoms with Gasteiger partial charge in [-0.25, -0.2) is 4.39 Å². The van der Waals surface area contributed by atoms with E-state index >= 15 is 0 Å². The lowest BCUT2D eigenvalue weighted by molar-refractivity contribution is -0.120. The molecule has 0 unspecified atom stereocenters. The van der Waals surface area contributed by atoms with Crippen molar-refractivity contribution >= 4 is 38.6 Å². The number of fused-ring (bicyclic) bond motifs is 1. The summed E-state index contributed by atoms with van der Waals surface area (Å²) in [6, 6.07) is 9.04. The molecule has 0 radical (unpaired) electrons. The van der Waals surface area contributed by atoms with Crippen molar-refractivity contribution in [2.75, 3.05) is 13.2 Å². The van der Waals surface area contributed by atoms with Gasteiger partial charge in [-0.05, 0) is 42.8 Å². The smallest absolute Gasteiger partial charge is 0.262 e. The Hall–Kier alpha value is -2.71. The van der Waals surface area contributed by atoms with Crippen molar-refractivity contribution in [1.29, 1.82) is 0 Å². The molecule has 0 fully saturated rings. The van der Waals surface area contributed by atoms with Gasteiger partial charge in [0.25, 0.3) is 5.91 Å². The van der Waals surface area contributed by atoms with Gasteiger partial charge in [-0.3, -0.25) is 14.2 Å². The van der Waals surface area contributed by atoms with Gasteiger partial charge in [0.1, 0.15) is 0 Å². The topological polar surface area (TPSA) is 91.6 Å². The SMILES string of the molecule is Cc1c(CC(=O)NCCO)c2cc(O)c(F)cc2n1C(=O)c1ccc(Br)cc1. The number of aromatic hydroxyl groups is 1. The minimum Gasteiger partial charge on any atom is -0.505 e. The monoisotopic (exact) mass is 448 g/mol. The van der Waals surface area contributed by atoms with Crippen LogP contribution >= 0.6 is 15.9 Å². The van der Waals surface area contributed by atoms with Crippen molar-refractivity contribution in [2.24, 2.45) is 0 Å². The quantitative estimate of drug-likeness (QED) is 0.559. The van der Waals surface area contributed by atoms with Crippen LogP contribution < -0.4 is 5.32 Å². The normalized spacial score (nSPS) is 11.0. The van der Waals surface area contributed by atoms with E-state index in [1.54, 1.807) is 31.2 Å². The van der Waals surface area contributed by atoms with E-state index in [9.17, 15) is 19.1 Å². The highest BCUT2D eigenvalue weighted by Crippen LogP contribution is 2.32. The number of phenolic OH excluding ortho intramolecular Hbond substituents is 1. The molecule has 0 bridgehead atoms. The Balaban J connectivity index is 2.15. The summed E-state index contributed by atoms with van der Waals surface area (Å²) in [5.74, 6) is -2.14. The molecule has 1 amide bonds. The van der Waals surface area contributed by atoms with Gasteiger partial charge in [0.15, 0.2) is 11.6 Å². The van der Waals surface area contributed by atoms with Crippen LogP contribution in [0.2, 0.25) is 0 Å². The van der Waals surface area contributed by atoms with Crippen LogP contribution in [0.25, 0.3) is 10.9 Å². The van der Waals surface area contributed by atoms with Gasteiger partial charge < -0.3 is 15.5 Å². The molecule has 1 heterocycles. The molecule has 28 heavy (non-hydrogen) atoms. The number of aliphatic hydroxyl groups is 1. The van der Waals surface area contributed by atoms with E-state index in [-0.39, 0.29) is 36.9 Å². The van der Waals surface area contributed by atoms with E-state index in [0.717, 1.165) is 10.5 Å². The van der Waals surface area contributed by atoms with Crippen LogP contribution in [-0.4, -0.2) is 39.7 Å². The van der Waals surface area contributed by atoms with Gasteiger partial charge >= 0.3 is 0 Å². The standard InChI is InChI=1S/C20H18BrFN2O4/c1-11-14(9-19(27)23-6-7-25)15-8-18(26)16(22)10-17(15)24(11)20(28)12-2-4-13(21)5-3-12/h2-5,8,10,25-26H,6-7,9H2,1H3,(H,23,27). The van der Waals surface area contributed by atoms with Gasteiger partial charge in [-0.15, -0.1) is 0 Å². The molecule has 3 N–H and O–H groups in total. The van der Waals surface area contributed by atoms with Crippen LogP contribution in [0.15, 0.2) is 40.9 Å². The molecule has 0 aliphatic rings. The summed E-state index contributed by atoms with van der Waals surface area (Å²) in [6.45, 7) is 1.58.